The van der Waals surface area contributed by atoms with E-state index in [0.717, 1.165) is 18.7 Å². The number of aromatic amines is 1. The van der Waals surface area contributed by atoms with E-state index in [1.165, 1.54) is 0 Å². The summed E-state index contributed by atoms with van der Waals surface area (Å²) in [6.45, 7) is 3.29. The third-order valence-electron chi connectivity index (χ3n) is 2.45. The van der Waals surface area contributed by atoms with Gasteiger partial charge in [-0.05, 0) is 18.6 Å². The molecule has 0 saturated heterocycles. The lowest BCUT2D eigenvalue weighted by molar-refractivity contribution is 0.0944. The average Bonchev–Trinajstić information content (AvgIpc) is 2.96. The maximum Gasteiger partial charge on any atom is 0.272 e. The number of amides is 1. The van der Waals surface area contributed by atoms with Gasteiger partial charge in [-0.1, -0.05) is 6.92 Å². The van der Waals surface area contributed by atoms with Gasteiger partial charge in [-0.25, -0.2) is 4.98 Å². The van der Waals surface area contributed by atoms with Gasteiger partial charge in [0.05, 0.1) is 18.6 Å². The van der Waals surface area contributed by atoms with Gasteiger partial charge < -0.3 is 15.6 Å². The summed E-state index contributed by atoms with van der Waals surface area (Å²) in [7, 11) is 0. The Balaban J connectivity index is 1.88. The Morgan fingerprint density at radius 3 is 2.89 bits per heavy atom. The molecule has 0 aliphatic carbocycles. The summed E-state index contributed by atoms with van der Waals surface area (Å²) in [5, 5.41) is 13.6. The van der Waals surface area contributed by atoms with E-state index in [-0.39, 0.29) is 5.91 Å². The number of hydrogen-bond donors (Lipinski definition) is 3. The zero-order chi connectivity index (χ0) is 13.5. The molecular weight excluding hydrogens is 244 g/mol. The summed E-state index contributed by atoms with van der Waals surface area (Å²) in [4.78, 5) is 18.6. The van der Waals surface area contributed by atoms with Crippen LogP contribution in [0.5, 0.6) is 0 Å². The van der Waals surface area contributed by atoms with Crippen LogP contribution in [0.25, 0.3) is 0 Å². The van der Waals surface area contributed by atoms with Crippen LogP contribution in [0, 0.1) is 0 Å². The van der Waals surface area contributed by atoms with E-state index in [1.807, 2.05) is 0 Å². The number of rotatable bonds is 6. The van der Waals surface area contributed by atoms with Crippen molar-refractivity contribution in [3.05, 3.63) is 36.0 Å². The molecule has 0 saturated carbocycles. The third-order valence-corrected chi connectivity index (χ3v) is 2.45. The first-order chi connectivity index (χ1) is 9.29. The second kappa shape index (κ2) is 6.48. The van der Waals surface area contributed by atoms with Gasteiger partial charge >= 0.3 is 0 Å². The fourth-order valence-electron chi connectivity index (χ4n) is 1.45. The van der Waals surface area contributed by atoms with Crippen LogP contribution in [0.3, 0.4) is 0 Å². The second-order valence-electron chi connectivity index (χ2n) is 3.99. The molecule has 2 aromatic rings. The first-order valence-electron chi connectivity index (χ1n) is 6.12. The van der Waals surface area contributed by atoms with Crippen molar-refractivity contribution >= 4 is 11.7 Å². The second-order valence-corrected chi connectivity index (χ2v) is 3.99. The van der Waals surface area contributed by atoms with Crippen molar-refractivity contribution in [2.45, 2.75) is 19.9 Å². The zero-order valence-electron chi connectivity index (χ0n) is 10.7. The highest BCUT2D eigenvalue weighted by atomic mass is 16.1. The van der Waals surface area contributed by atoms with E-state index in [2.05, 4.69) is 37.7 Å². The standard InChI is InChI=1S/C12H16N6O/c1-2-5-14-11-4-3-10(17-18-11)12(19)15-7-9-6-13-8-16-9/h3-4,6,8H,2,5,7H2,1H3,(H,13,16)(H,14,18)(H,15,19). The summed E-state index contributed by atoms with van der Waals surface area (Å²) >= 11 is 0. The lowest BCUT2D eigenvalue weighted by Crippen LogP contribution is -2.24. The molecule has 0 aliphatic rings. The number of aromatic nitrogens is 4. The first-order valence-corrected chi connectivity index (χ1v) is 6.12. The van der Waals surface area contributed by atoms with E-state index < -0.39 is 0 Å². The lowest BCUT2D eigenvalue weighted by Gasteiger charge is -2.04. The molecule has 0 aliphatic heterocycles. The molecule has 100 valence electrons. The molecule has 2 aromatic heterocycles. The average molecular weight is 260 g/mol. The number of nitrogens with one attached hydrogen (secondary N) is 3. The molecule has 0 radical (unpaired) electrons. The maximum atomic E-state index is 11.8. The van der Waals surface area contributed by atoms with Crippen molar-refractivity contribution in [2.24, 2.45) is 0 Å². The number of imidazole rings is 1. The van der Waals surface area contributed by atoms with Gasteiger partial charge in [0.2, 0.25) is 0 Å². The van der Waals surface area contributed by atoms with Crippen LogP contribution in [0.1, 0.15) is 29.5 Å². The number of H-pyrrole nitrogens is 1. The Bertz CT molecular complexity index is 508. The molecule has 0 spiro atoms. The van der Waals surface area contributed by atoms with Gasteiger partial charge in [0.25, 0.3) is 5.91 Å². The Labute approximate surface area is 110 Å². The summed E-state index contributed by atoms with van der Waals surface area (Å²) in [6, 6.07) is 3.39. The number of hydrogen-bond acceptors (Lipinski definition) is 5. The zero-order valence-corrected chi connectivity index (χ0v) is 10.7. The molecule has 0 atom stereocenters. The van der Waals surface area contributed by atoms with Crippen molar-refractivity contribution in [1.29, 1.82) is 0 Å². The van der Waals surface area contributed by atoms with Crippen molar-refractivity contribution in [2.75, 3.05) is 11.9 Å². The van der Waals surface area contributed by atoms with Gasteiger partial charge in [0, 0.05) is 12.7 Å². The van der Waals surface area contributed by atoms with Gasteiger partial charge in [0.15, 0.2) is 5.69 Å². The molecule has 0 fully saturated rings. The van der Waals surface area contributed by atoms with E-state index >= 15 is 0 Å². The minimum Gasteiger partial charge on any atom is -0.369 e. The summed E-state index contributed by atoms with van der Waals surface area (Å²) in [5.74, 6) is 0.413. The molecule has 7 nitrogen and oxygen atoms in total. The summed E-state index contributed by atoms with van der Waals surface area (Å²) in [6.07, 6.45) is 4.23. The van der Waals surface area contributed by atoms with Crippen LogP contribution in [0.15, 0.2) is 24.7 Å². The Kier molecular flexibility index (Phi) is 4.44. The highest BCUT2D eigenvalue weighted by Gasteiger charge is 2.08. The van der Waals surface area contributed by atoms with Crippen molar-refractivity contribution in [1.82, 2.24) is 25.5 Å². The van der Waals surface area contributed by atoms with E-state index in [4.69, 9.17) is 0 Å². The lowest BCUT2D eigenvalue weighted by atomic mass is 10.3. The molecule has 7 heteroatoms. The minimum absolute atomic E-state index is 0.260. The molecule has 0 unspecified atom stereocenters. The number of nitrogens with zero attached hydrogens (tertiary/aromatic N) is 3. The van der Waals surface area contributed by atoms with Gasteiger partial charge in [-0.15, -0.1) is 10.2 Å². The minimum atomic E-state index is -0.260. The summed E-state index contributed by atoms with van der Waals surface area (Å²) in [5.41, 5.74) is 1.13. The normalized spacial score (nSPS) is 10.2. The predicted molar refractivity (Wildman–Crippen MR) is 70.6 cm³/mol. The van der Waals surface area contributed by atoms with E-state index in [0.29, 0.717) is 18.1 Å². The van der Waals surface area contributed by atoms with E-state index in [1.54, 1.807) is 24.7 Å². The van der Waals surface area contributed by atoms with Crippen LogP contribution in [0.4, 0.5) is 5.82 Å². The Hall–Kier alpha value is -2.44. The van der Waals surface area contributed by atoms with Crippen molar-refractivity contribution in [3.63, 3.8) is 0 Å². The molecule has 3 N–H and O–H groups in total. The monoisotopic (exact) mass is 260 g/mol. The van der Waals surface area contributed by atoms with E-state index in [9.17, 15) is 4.79 Å². The fourth-order valence-corrected chi connectivity index (χ4v) is 1.45. The largest absolute Gasteiger partial charge is 0.369 e. The molecule has 2 rings (SSSR count). The third kappa shape index (κ3) is 3.77. The van der Waals surface area contributed by atoms with Crippen LogP contribution < -0.4 is 10.6 Å². The SMILES string of the molecule is CCCNc1ccc(C(=O)NCc2cnc[nH]2)nn1. The highest BCUT2D eigenvalue weighted by molar-refractivity contribution is 5.92. The number of anilines is 1. The van der Waals surface area contributed by atoms with Crippen LogP contribution in [-0.4, -0.2) is 32.6 Å². The molecule has 2 heterocycles. The Morgan fingerprint density at radius 1 is 1.37 bits per heavy atom. The Morgan fingerprint density at radius 2 is 2.26 bits per heavy atom. The first kappa shape index (κ1) is 13.0. The smallest absolute Gasteiger partial charge is 0.272 e. The number of carbonyl (C=O) groups is 1. The van der Waals surface area contributed by atoms with Crippen molar-refractivity contribution in [3.8, 4) is 0 Å². The molecule has 0 bridgehead atoms. The molecular formula is C12H16N6O. The fraction of sp³-hybridized carbons (Fsp3) is 0.333. The van der Waals surface area contributed by atoms with Crippen LogP contribution in [-0.2, 0) is 6.54 Å². The predicted octanol–water partition coefficient (Wildman–Crippen LogP) is 0.952. The summed E-state index contributed by atoms with van der Waals surface area (Å²) < 4.78 is 0. The maximum absolute atomic E-state index is 11.8. The van der Waals surface area contributed by atoms with Gasteiger partial charge in [0.1, 0.15) is 5.82 Å². The quantitative estimate of drug-likeness (QED) is 0.718. The molecule has 0 aromatic carbocycles. The number of carbonyl (C=O) groups excluding carboxylic acids is 1. The molecule has 1 amide bonds. The van der Waals surface area contributed by atoms with Crippen LogP contribution in [0.2, 0.25) is 0 Å². The van der Waals surface area contributed by atoms with Crippen molar-refractivity contribution < 1.29 is 4.79 Å². The van der Waals surface area contributed by atoms with Gasteiger partial charge in [-0.3, -0.25) is 4.79 Å². The van der Waals surface area contributed by atoms with Crippen LogP contribution >= 0.6 is 0 Å². The topological polar surface area (TPSA) is 95.6 Å². The molecule has 19 heavy (non-hydrogen) atoms. The highest BCUT2D eigenvalue weighted by Crippen LogP contribution is 2.02. The van der Waals surface area contributed by atoms with Gasteiger partial charge in [-0.2, -0.15) is 0 Å².